The Morgan fingerprint density at radius 1 is 1.42 bits per heavy atom. The van der Waals surface area contributed by atoms with Crippen molar-refractivity contribution in [2.45, 2.75) is 26.7 Å². The van der Waals surface area contributed by atoms with Crippen LogP contribution in [0.25, 0.3) is 0 Å². The van der Waals surface area contributed by atoms with Crippen LogP contribution < -0.4 is 4.74 Å². The molecule has 0 aromatic carbocycles. The van der Waals surface area contributed by atoms with E-state index in [2.05, 4.69) is 24.9 Å². The maximum absolute atomic E-state index is 5.07. The Labute approximate surface area is 73.6 Å². The van der Waals surface area contributed by atoms with Gasteiger partial charge >= 0.3 is 0 Å². The monoisotopic (exact) mass is 165 g/mol. The third-order valence-corrected chi connectivity index (χ3v) is 1.71. The van der Waals surface area contributed by atoms with Crippen molar-refractivity contribution < 1.29 is 4.74 Å². The van der Waals surface area contributed by atoms with Crippen LogP contribution in [0.15, 0.2) is 12.1 Å². The van der Waals surface area contributed by atoms with E-state index in [0.717, 1.165) is 24.4 Å². The lowest BCUT2D eigenvalue weighted by molar-refractivity contribution is 0.396. The zero-order valence-electron chi connectivity index (χ0n) is 7.92. The summed E-state index contributed by atoms with van der Waals surface area (Å²) in [5.41, 5.74) is 2.33. The van der Waals surface area contributed by atoms with E-state index < -0.39 is 0 Å². The molecule has 0 saturated heterocycles. The molecule has 0 unspecified atom stereocenters. The summed E-state index contributed by atoms with van der Waals surface area (Å²) in [7, 11) is 1.65. The molecule has 1 heterocycles. The minimum absolute atomic E-state index is 0.721. The fourth-order valence-corrected chi connectivity index (χ4v) is 1.19. The molecule has 0 radical (unpaired) electrons. The van der Waals surface area contributed by atoms with Gasteiger partial charge < -0.3 is 4.74 Å². The maximum atomic E-state index is 5.07. The quantitative estimate of drug-likeness (QED) is 0.686. The molecule has 12 heavy (non-hydrogen) atoms. The Hall–Kier alpha value is -1.05. The highest BCUT2D eigenvalue weighted by molar-refractivity contribution is 5.23. The van der Waals surface area contributed by atoms with E-state index in [4.69, 9.17) is 4.74 Å². The van der Waals surface area contributed by atoms with Gasteiger partial charge in [0.2, 0.25) is 5.88 Å². The van der Waals surface area contributed by atoms with Crippen molar-refractivity contribution in [3.63, 3.8) is 0 Å². The third kappa shape index (κ3) is 2.22. The van der Waals surface area contributed by atoms with Crippen molar-refractivity contribution in [3.05, 3.63) is 23.4 Å². The highest BCUT2D eigenvalue weighted by Crippen LogP contribution is 2.12. The highest BCUT2D eigenvalue weighted by atomic mass is 16.5. The first-order chi connectivity index (χ1) is 5.76. The fourth-order valence-electron chi connectivity index (χ4n) is 1.19. The van der Waals surface area contributed by atoms with Gasteiger partial charge in [0.25, 0.3) is 0 Å². The number of aromatic nitrogens is 1. The molecular weight excluding hydrogens is 150 g/mol. The second kappa shape index (κ2) is 4.10. The van der Waals surface area contributed by atoms with Crippen molar-refractivity contribution in [2.24, 2.45) is 0 Å². The van der Waals surface area contributed by atoms with Crippen LogP contribution in [-0.4, -0.2) is 12.1 Å². The number of ether oxygens (including phenoxy) is 1. The van der Waals surface area contributed by atoms with Gasteiger partial charge in [0.1, 0.15) is 0 Å². The molecule has 0 N–H and O–H groups in total. The number of rotatable bonds is 3. The Morgan fingerprint density at radius 3 is 2.75 bits per heavy atom. The molecule has 0 fully saturated rings. The number of methoxy groups -OCH3 is 1. The largest absolute Gasteiger partial charge is 0.481 e. The average molecular weight is 165 g/mol. The van der Waals surface area contributed by atoms with Crippen molar-refractivity contribution in [3.8, 4) is 5.88 Å². The summed E-state index contributed by atoms with van der Waals surface area (Å²) >= 11 is 0. The Bertz CT molecular complexity index is 258. The standard InChI is InChI=1S/C10H15NO/c1-4-5-9-6-8(2)7-10(11-9)12-3/h6-7H,4-5H2,1-3H3. The number of nitrogens with zero attached hydrogens (tertiary/aromatic N) is 1. The van der Waals surface area contributed by atoms with Crippen LogP contribution in [0.2, 0.25) is 0 Å². The predicted octanol–water partition coefficient (Wildman–Crippen LogP) is 2.35. The zero-order chi connectivity index (χ0) is 8.97. The maximum Gasteiger partial charge on any atom is 0.213 e. The Kier molecular flexibility index (Phi) is 3.09. The van der Waals surface area contributed by atoms with E-state index in [9.17, 15) is 0 Å². The average Bonchev–Trinajstić information content (AvgIpc) is 2.04. The van der Waals surface area contributed by atoms with Gasteiger partial charge in [-0.15, -0.1) is 0 Å². The summed E-state index contributed by atoms with van der Waals surface area (Å²) in [5.74, 6) is 0.721. The van der Waals surface area contributed by atoms with E-state index in [1.54, 1.807) is 7.11 Å². The minimum atomic E-state index is 0.721. The molecule has 2 nitrogen and oxygen atoms in total. The lowest BCUT2D eigenvalue weighted by Gasteiger charge is -2.03. The normalized spacial score (nSPS) is 9.92. The SMILES string of the molecule is CCCc1cc(C)cc(OC)n1. The third-order valence-electron chi connectivity index (χ3n) is 1.71. The molecular formula is C10H15NO. The highest BCUT2D eigenvalue weighted by Gasteiger charge is 1.98. The summed E-state index contributed by atoms with van der Waals surface area (Å²) in [6.07, 6.45) is 2.15. The summed E-state index contributed by atoms with van der Waals surface area (Å²) in [6, 6.07) is 4.05. The van der Waals surface area contributed by atoms with Crippen LogP contribution in [0.5, 0.6) is 5.88 Å². The number of hydrogen-bond acceptors (Lipinski definition) is 2. The summed E-state index contributed by atoms with van der Waals surface area (Å²) in [5, 5.41) is 0. The molecule has 0 saturated carbocycles. The van der Waals surface area contributed by atoms with Crippen LogP contribution in [0.3, 0.4) is 0 Å². The smallest absolute Gasteiger partial charge is 0.213 e. The molecule has 1 aromatic rings. The van der Waals surface area contributed by atoms with Gasteiger partial charge in [0.15, 0.2) is 0 Å². The Morgan fingerprint density at radius 2 is 2.17 bits per heavy atom. The first-order valence-corrected chi connectivity index (χ1v) is 4.27. The van der Waals surface area contributed by atoms with Crippen molar-refractivity contribution in [1.29, 1.82) is 0 Å². The van der Waals surface area contributed by atoms with Gasteiger partial charge in [0.05, 0.1) is 7.11 Å². The van der Waals surface area contributed by atoms with Crippen LogP contribution in [0, 0.1) is 6.92 Å². The van der Waals surface area contributed by atoms with E-state index in [-0.39, 0.29) is 0 Å². The molecule has 1 rings (SSSR count). The van der Waals surface area contributed by atoms with Crippen LogP contribution in [0.4, 0.5) is 0 Å². The Balaban J connectivity index is 2.90. The van der Waals surface area contributed by atoms with E-state index in [0.29, 0.717) is 0 Å². The predicted molar refractivity (Wildman–Crippen MR) is 49.5 cm³/mol. The van der Waals surface area contributed by atoms with E-state index >= 15 is 0 Å². The lowest BCUT2D eigenvalue weighted by atomic mass is 10.2. The van der Waals surface area contributed by atoms with Crippen molar-refractivity contribution in [1.82, 2.24) is 4.98 Å². The molecule has 0 amide bonds. The van der Waals surface area contributed by atoms with Crippen LogP contribution in [-0.2, 0) is 6.42 Å². The molecule has 0 atom stereocenters. The second-order valence-electron chi connectivity index (χ2n) is 2.93. The molecule has 0 spiro atoms. The topological polar surface area (TPSA) is 22.1 Å². The first-order valence-electron chi connectivity index (χ1n) is 4.27. The van der Waals surface area contributed by atoms with E-state index in [1.165, 1.54) is 5.56 Å². The second-order valence-corrected chi connectivity index (χ2v) is 2.93. The number of aryl methyl sites for hydroxylation is 2. The summed E-state index contributed by atoms with van der Waals surface area (Å²) in [6.45, 7) is 4.21. The first kappa shape index (κ1) is 9.04. The van der Waals surface area contributed by atoms with Crippen molar-refractivity contribution >= 4 is 0 Å². The van der Waals surface area contributed by atoms with Gasteiger partial charge in [-0.2, -0.15) is 0 Å². The minimum Gasteiger partial charge on any atom is -0.481 e. The van der Waals surface area contributed by atoms with Gasteiger partial charge in [0, 0.05) is 11.8 Å². The van der Waals surface area contributed by atoms with Crippen LogP contribution in [0.1, 0.15) is 24.6 Å². The lowest BCUT2D eigenvalue weighted by Crippen LogP contribution is -1.94. The van der Waals surface area contributed by atoms with E-state index in [1.807, 2.05) is 6.07 Å². The van der Waals surface area contributed by atoms with Crippen LogP contribution >= 0.6 is 0 Å². The molecule has 2 heteroatoms. The molecule has 0 aliphatic heterocycles. The summed E-state index contributed by atoms with van der Waals surface area (Å²) < 4.78 is 5.07. The molecule has 0 bridgehead atoms. The zero-order valence-corrected chi connectivity index (χ0v) is 7.92. The fraction of sp³-hybridized carbons (Fsp3) is 0.500. The van der Waals surface area contributed by atoms with Gasteiger partial charge in [-0.3, -0.25) is 0 Å². The molecule has 0 aliphatic rings. The van der Waals surface area contributed by atoms with Crippen molar-refractivity contribution in [2.75, 3.05) is 7.11 Å². The number of hydrogen-bond donors (Lipinski definition) is 0. The number of pyridine rings is 1. The van der Waals surface area contributed by atoms with Gasteiger partial charge in [-0.25, -0.2) is 4.98 Å². The molecule has 1 aromatic heterocycles. The van der Waals surface area contributed by atoms with Gasteiger partial charge in [-0.1, -0.05) is 13.3 Å². The van der Waals surface area contributed by atoms with Gasteiger partial charge in [-0.05, 0) is 25.0 Å². The molecule has 66 valence electrons. The molecule has 0 aliphatic carbocycles. The summed E-state index contributed by atoms with van der Waals surface area (Å²) in [4.78, 5) is 4.32.